The van der Waals surface area contributed by atoms with Crippen molar-refractivity contribution in [3.63, 3.8) is 0 Å². The number of unbranched alkanes of at least 4 members (excludes halogenated alkanes) is 5. The summed E-state index contributed by atoms with van der Waals surface area (Å²) < 4.78 is 22.9. The van der Waals surface area contributed by atoms with Crippen LogP contribution in [0.2, 0.25) is 0 Å². The summed E-state index contributed by atoms with van der Waals surface area (Å²) in [7, 11) is 0. The summed E-state index contributed by atoms with van der Waals surface area (Å²) in [6.07, 6.45) is 11.0. The Morgan fingerprint density at radius 2 is 0.857 bits per heavy atom. The Hall–Kier alpha value is -1.22. The van der Waals surface area contributed by atoms with E-state index in [4.69, 9.17) is 18.9 Å². The van der Waals surface area contributed by atoms with Crippen LogP contribution in [0.1, 0.15) is 132 Å². The fourth-order valence-corrected chi connectivity index (χ4v) is 8.10. The Labute approximate surface area is 255 Å². The largest absolute Gasteiger partial charge is 0.462 e. The van der Waals surface area contributed by atoms with Crippen LogP contribution in [0.15, 0.2) is 0 Å². The summed E-state index contributed by atoms with van der Waals surface area (Å²) in [6.45, 7) is 21.7. The van der Waals surface area contributed by atoms with Crippen molar-refractivity contribution in [2.24, 2.45) is 0 Å². The fourth-order valence-electron chi connectivity index (χ4n) is 8.10. The third-order valence-corrected chi connectivity index (χ3v) is 10.0. The summed E-state index contributed by atoms with van der Waals surface area (Å²) in [5, 5.41) is 0. The lowest BCUT2D eigenvalue weighted by Gasteiger charge is -2.54. The van der Waals surface area contributed by atoms with Crippen LogP contribution in [0.3, 0.4) is 0 Å². The van der Waals surface area contributed by atoms with Gasteiger partial charge in [-0.05, 0) is 68.2 Å². The van der Waals surface area contributed by atoms with Crippen molar-refractivity contribution in [1.82, 2.24) is 9.80 Å². The number of hydrogen-bond acceptors (Lipinski definition) is 8. The van der Waals surface area contributed by atoms with Crippen molar-refractivity contribution >= 4 is 11.9 Å². The Kier molecular flexibility index (Phi) is 10.8. The highest BCUT2D eigenvalue weighted by atomic mass is 16.6. The van der Waals surface area contributed by atoms with Gasteiger partial charge in [-0.3, -0.25) is 19.4 Å². The molecule has 0 aromatic rings. The van der Waals surface area contributed by atoms with Crippen LogP contribution < -0.4 is 0 Å². The Balaban J connectivity index is 1.04. The highest BCUT2D eigenvalue weighted by Crippen LogP contribution is 2.42. The second-order valence-electron chi connectivity index (χ2n) is 16.0. The molecule has 0 aliphatic carbocycles. The molecule has 0 spiro atoms. The molecule has 8 nitrogen and oxygen atoms in total. The molecule has 4 rings (SSSR count). The molecule has 2 atom stereocenters. The minimum atomic E-state index is -0.0635. The highest BCUT2D eigenvalue weighted by molar-refractivity contribution is 5.70. The monoisotopic (exact) mass is 592 g/mol. The topological polar surface area (TPSA) is 84.1 Å². The van der Waals surface area contributed by atoms with E-state index in [1.165, 1.54) is 0 Å². The smallest absolute Gasteiger partial charge is 0.306 e. The van der Waals surface area contributed by atoms with Crippen LogP contribution in [0.25, 0.3) is 0 Å². The van der Waals surface area contributed by atoms with E-state index in [0.717, 1.165) is 90.5 Å². The van der Waals surface area contributed by atoms with Gasteiger partial charge in [0.2, 0.25) is 0 Å². The third-order valence-electron chi connectivity index (χ3n) is 10.0. The van der Waals surface area contributed by atoms with Crippen LogP contribution in [0, 0.1) is 0 Å². The molecule has 4 aliphatic rings. The molecule has 242 valence electrons. The maximum absolute atomic E-state index is 12.6. The molecule has 0 N–H and O–H groups in total. The number of ether oxygens (including phenoxy) is 4. The first-order valence-corrected chi connectivity index (χ1v) is 16.8. The van der Waals surface area contributed by atoms with Crippen LogP contribution in [0.5, 0.6) is 0 Å². The van der Waals surface area contributed by atoms with Gasteiger partial charge in [0.15, 0.2) is 0 Å². The minimum Gasteiger partial charge on any atom is -0.462 e. The zero-order valence-electron chi connectivity index (χ0n) is 28.0. The minimum absolute atomic E-state index is 0.0266. The molecule has 8 heteroatoms. The number of hydrogen-bond donors (Lipinski definition) is 0. The molecule has 0 radical (unpaired) electrons. The van der Waals surface area contributed by atoms with Gasteiger partial charge in [-0.25, -0.2) is 0 Å². The first kappa shape index (κ1) is 33.7. The van der Waals surface area contributed by atoms with Crippen molar-refractivity contribution in [2.45, 2.75) is 179 Å². The van der Waals surface area contributed by atoms with Crippen LogP contribution in [-0.2, 0) is 28.5 Å². The Morgan fingerprint density at radius 3 is 1.14 bits per heavy atom. The van der Waals surface area contributed by atoms with Crippen molar-refractivity contribution in [3.8, 4) is 0 Å². The van der Waals surface area contributed by atoms with Crippen LogP contribution in [-0.4, -0.2) is 94.6 Å². The quantitative estimate of drug-likeness (QED) is 0.129. The number of piperidine rings is 2. The number of epoxide rings is 2. The van der Waals surface area contributed by atoms with E-state index >= 15 is 0 Å². The van der Waals surface area contributed by atoms with Gasteiger partial charge in [0.25, 0.3) is 0 Å². The molecular formula is C34H60N2O6. The third kappa shape index (κ3) is 9.64. The number of carbonyl (C=O) groups excluding carboxylic acids is 2. The molecule has 4 heterocycles. The van der Waals surface area contributed by atoms with Crippen molar-refractivity contribution in [2.75, 3.05) is 26.3 Å². The highest BCUT2D eigenvalue weighted by Gasteiger charge is 2.49. The van der Waals surface area contributed by atoms with Crippen LogP contribution >= 0.6 is 0 Å². The predicted molar refractivity (Wildman–Crippen MR) is 164 cm³/mol. The molecule has 0 saturated carbocycles. The summed E-state index contributed by atoms with van der Waals surface area (Å²) in [6, 6.07) is 0. The standard InChI is InChI=1S/C34H60N2O6/c1-31(2)17-25(18-32(3,4)35(31)21-27-23-39-27)41-29(37)15-13-11-9-10-12-14-16-30(38)42-26-19-33(5,6)36(22-28-24-40-28)34(7,8)20-26/h25-28H,9-24H2,1-8H3. The van der Waals surface area contributed by atoms with E-state index in [-0.39, 0.29) is 46.3 Å². The molecule has 0 aromatic carbocycles. The number of rotatable bonds is 15. The second-order valence-corrected chi connectivity index (χ2v) is 16.0. The number of nitrogens with zero attached hydrogens (tertiary/aromatic N) is 2. The molecule has 4 saturated heterocycles. The SMILES string of the molecule is CC1(C)CC(OC(=O)CCCCCCCCC(=O)OC2CC(C)(C)N(CC3CO3)C(C)(C)C2)CC(C)(C)N1CC1CO1. The van der Waals surface area contributed by atoms with Gasteiger partial charge in [-0.15, -0.1) is 0 Å². The van der Waals surface area contributed by atoms with Gasteiger partial charge >= 0.3 is 11.9 Å². The first-order chi connectivity index (χ1) is 19.6. The average molecular weight is 593 g/mol. The molecule has 0 amide bonds. The van der Waals surface area contributed by atoms with Crippen molar-refractivity contribution in [1.29, 1.82) is 0 Å². The Bertz CT molecular complexity index is 813. The van der Waals surface area contributed by atoms with Gasteiger partial charge in [-0.2, -0.15) is 0 Å². The zero-order chi connectivity index (χ0) is 30.8. The number of likely N-dealkylation sites (tertiary alicyclic amines) is 2. The van der Waals surface area contributed by atoms with E-state index in [9.17, 15) is 9.59 Å². The zero-order valence-corrected chi connectivity index (χ0v) is 28.0. The van der Waals surface area contributed by atoms with E-state index in [0.29, 0.717) is 25.0 Å². The second kappa shape index (κ2) is 13.4. The van der Waals surface area contributed by atoms with Gasteiger partial charge in [0.05, 0.1) is 25.4 Å². The van der Waals surface area contributed by atoms with Gasteiger partial charge in [0.1, 0.15) is 12.2 Å². The lowest BCUT2D eigenvalue weighted by molar-refractivity contribution is -0.162. The summed E-state index contributed by atoms with van der Waals surface area (Å²) >= 11 is 0. The maximum Gasteiger partial charge on any atom is 0.306 e. The molecule has 42 heavy (non-hydrogen) atoms. The van der Waals surface area contributed by atoms with Gasteiger partial charge in [-0.1, -0.05) is 25.7 Å². The molecule has 0 aromatic heterocycles. The fraction of sp³-hybridized carbons (Fsp3) is 0.941. The molecule has 4 aliphatic heterocycles. The van der Waals surface area contributed by atoms with Crippen molar-refractivity contribution in [3.05, 3.63) is 0 Å². The predicted octanol–water partition coefficient (Wildman–Crippen LogP) is 6.03. The van der Waals surface area contributed by atoms with Gasteiger partial charge < -0.3 is 18.9 Å². The number of carbonyl (C=O) groups is 2. The summed E-state index contributed by atoms with van der Waals surface area (Å²) in [5.74, 6) is -0.127. The van der Waals surface area contributed by atoms with Crippen molar-refractivity contribution < 1.29 is 28.5 Å². The lowest BCUT2D eigenvalue weighted by Crippen LogP contribution is -2.63. The van der Waals surface area contributed by atoms with Gasteiger partial charge in [0, 0.05) is 73.8 Å². The van der Waals surface area contributed by atoms with E-state index < -0.39 is 0 Å². The van der Waals surface area contributed by atoms with E-state index in [1.807, 2.05) is 0 Å². The number of esters is 2. The maximum atomic E-state index is 12.6. The molecule has 4 fully saturated rings. The normalized spacial score (nSPS) is 28.8. The lowest BCUT2D eigenvalue weighted by atomic mass is 9.78. The average Bonchev–Trinajstić information content (AvgIpc) is 3.75. The van der Waals surface area contributed by atoms with E-state index in [2.05, 4.69) is 65.2 Å². The molecular weight excluding hydrogens is 532 g/mol. The summed E-state index contributed by atoms with van der Waals surface area (Å²) in [4.78, 5) is 30.3. The molecule has 0 bridgehead atoms. The summed E-state index contributed by atoms with van der Waals surface area (Å²) in [5.41, 5.74) is -0.106. The first-order valence-electron chi connectivity index (χ1n) is 16.8. The van der Waals surface area contributed by atoms with E-state index in [1.54, 1.807) is 0 Å². The Morgan fingerprint density at radius 1 is 0.571 bits per heavy atom. The van der Waals surface area contributed by atoms with Crippen LogP contribution in [0.4, 0.5) is 0 Å². The molecule has 2 unspecified atom stereocenters.